The lowest BCUT2D eigenvalue weighted by molar-refractivity contribution is -0.118. The highest BCUT2D eigenvalue weighted by Crippen LogP contribution is 2.26. The lowest BCUT2D eigenvalue weighted by atomic mass is 10.2. The average molecular weight is 402 g/mol. The standard InChI is InChI=1S/C18H19N5O2S2/c1-3-19-17(25)12-6-4-7-13(10-12)20-16(24)11(2)23-15(21-22-18(23)26)14-8-5-9-27-14/h4-11H,3H2,1-2H3,(H,19,25)(H,20,24)(H,22,26). The molecule has 2 heterocycles. The van der Waals surface area contributed by atoms with Crippen molar-refractivity contribution >= 4 is 41.1 Å². The molecule has 2 aromatic heterocycles. The number of aromatic amines is 1. The van der Waals surface area contributed by atoms with Gasteiger partial charge in [-0.15, -0.1) is 11.3 Å². The summed E-state index contributed by atoms with van der Waals surface area (Å²) >= 11 is 6.83. The van der Waals surface area contributed by atoms with Gasteiger partial charge in [0.15, 0.2) is 10.6 Å². The number of aromatic nitrogens is 3. The number of hydrogen-bond donors (Lipinski definition) is 3. The molecular weight excluding hydrogens is 382 g/mol. The van der Waals surface area contributed by atoms with Crippen LogP contribution in [0.1, 0.15) is 30.2 Å². The third-order valence-corrected chi connectivity index (χ3v) is 5.10. The van der Waals surface area contributed by atoms with E-state index in [1.807, 2.05) is 24.4 Å². The lowest BCUT2D eigenvalue weighted by Crippen LogP contribution is -2.25. The Balaban J connectivity index is 1.82. The summed E-state index contributed by atoms with van der Waals surface area (Å²) in [5, 5.41) is 14.5. The van der Waals surface area contributed by atoms with Crippen molar-refractivity contribution in [2.45, 2.75) is 19.9 Å². The van der Waals surface area contributed by atoms with Gasteiger partial charge in [0.05, 0.1) is 4.88 Å². The summed E-state index contributed by atoms with van der Waals surface area (Å²) in [5.74, 6) is 0.186. The van der Waals surface area contributed by atoms with Gasteiger partial charge in [-0.25, -0.2) is 0 Å². The van der Waals surface area contributed by atoms with Crippen molar-refractivity contribution in [1.82, 2.24) is 20.1 Å². The third kappa shape index (κ3) is 4.15. The van der Waals surface area contributed by atoms with Crippen LogP contribution in [0.4, 0.5) is 5.69 Å². The summed E-state index contributed by atoms with van der Waals surface area (Å²) in [6, 6.07) is 10.1. The summed E-state index contributed by atoms with van der Waals surface area (Å²) in [6.07, 6.45) is 0. The van der Waals surface area contributed by atoms with Crippen molar-refractivity contribution in [3.63, 3.8) is 0 Å². The van der Waals surface area contributed by atoms with Crippen LogP contribution < -0.4 is 10.6 Å². The Morgan fingerprint density at radius 1 is 1.33 bits per heavy atom. The minimum Gasteiger partial charge on any atom is -0.352 e. The fraction of sp³-hybridized carbons (Fsp3) is 0.222. The molecule has 0 bridgehead atoms. The van der Waals surface area contributed by atoms with E-state index < -0.39 is 6.04 Å². The van der Waals surface area contributed by atoms with Crippen molar-refractivity contribution < 1.29 is 9.59 Å². The Bertz CT molecular complexity index is 1010. The normalized spacial score (nSPS) is 11.8. The fourth-order valence-corrected chi connectivity index (χ4v) is 3.61. The van der Waals surface area contributed by atoms with Crippen molar-refractivity contribution in [3.8, 4) is 10.7 Å². The molecular formula is C18H19N5O2S2. The first-order valence-corrected chi connectivity index (χ1v) is 9.70. The summed E-state index contributed by atoms with van der Waals surface area (Å²) in [5.41, 5.74) is 1.03. The van der Waals surface area contributed by atoms with Gasteiger partial charge in [0.25, 0.3) is 5.91 Å². The Hall–Kier alpha value is -2.78. The number of benzene rings is 1. The Morgan fingerprint density at radius 2 is 2.15 bits per heavy atom. The van der Waals surface area contributed by atoms with E-state index in [1.54, 1.807) is 35.8 Å². The molecule has 7 nitrogen and oxygen atoms in total. The predicted octanol–water partition coefficient (Wildman–Crippen LogP) is 3.62. The van der Waals surface area contributed by atoms with E-state index in [9.17, 15) is 9.59 Å². The monoisotopic (exact) mass is 401 g/mol. The molecule has 1 unspecified atom stereocenters. The second kappa shape index (κ2) is 8.28. The minimum atomic E-state index is -0.582. The molecule has 2 amide bonds. The molecule has 3 aromatic rings. The molecule has 0 aliphatic heterocycles. The number of thiophene rings is 1. The van der Waals surface area contributed by atoms with Gasteiger partial charge in [0, 0.05) is 17.8 Å². The second-order valence-electron chi connectivity index (χ2n) is 5.81. The Labute approximate surface area is 165 Å². The lowest BCUT2D eigenvalue weighted by Gasteiger charge is -2.15. The molecule has 0 spiro atoms. The van der Waals surface area contributed by atoms with E-state index in [0.717, 1.165) is 4.88 Å². The minimum absolute atomic E-state index is 0.182. The molecule has 9 heteroatoms. The molecule has 1 atom stereocenters. The number of amides is 2. The van der Waals surface area contributed by atoms with Gasteiger partial charge in [0.2, 0.25) is 5.91 Å². The molecule has 27 heavy (non-hydrogen) atoms. The van der Waals surface area contributed by atoms with Gasteiger partial charge in [-0.1, -0.05) is 12.1 Å². The van der Waals surface area contributed by atoms with Crippen molar-refractivity contribution in [2.75, 3.05) is 11.9 Å². The van der Waals surface area contributed by atoms with Gasteiger partial charge in [-0.3, -0.25) is 19.3 Å². The maximum Gasteiger partial charge on any atom is 0.251 e. The molecule has 0 aliphatic carbocycles. The van der Waals surface area contributed by atoms with Gasteiger partial charge in [0.1, 0.15) is 6.04 Å². The number of carbonyl (C=O) groups is 2. The number of anilines is 1. The highest BCUT2D eigenvalue weighted by atomic mass is 32.1. The molecule has 0 radical (unpaired) electrons. The largest absolute Gasteiger partial charge is 0.352 e. The number of H-pyrrole nitrogens is 1. The maximum atomic E-state index is 12.8. The molecule has 140 valence electrons. The van der Waals surface area contributed by atoms with Crippen LogP contribution in [-0.2, 0) is 4.79 Å². The van der Waals surface area contributed by atoms with E-state index in [-0.39, 0.29) is 11.8 Å². The van der Waals surface area contributed by atoms with E-state index in [4.69, 9.17) is 12.2 Å². The fourth-order valence-electron chi connectivity index (χ4n) is 2.61. The topological polar surface area (TPSA) is 91.8 Å². The summed E-state index contributed by atoms with van der Waals surface area (Å²) < 4.78 is 2.06. The molecule has 0 saturated carbocycles. The van der Waals surface area contributed by atoms with E-state index in [0.29, 0.717) is 28.4 Å². The number of nitrogens with zero attached hydrogens (tertiary/aromatic N) is 2. The average Bonchev–Trinajstić information content (AvgIpc) is 3.31. The summed E-state index contributed by atoms with van der Waals surface area (Å²) in [6.45, 7) is 4.15. The molecule has 3 N–H and O–H groups in total. The van der Waals surface area contributed by atoms with E-state index in [1.165, 1.54) is 11.3 Å². The second-order valence-corrected chi connectivity index (χ2v) is 7.14. The highest BCUT2D eigenvalue weighted by Gasteiger charge is 2.21. The van der Waals surface area contributed by atoms with E-state index >= 15 is 0 Å². The zero-order valence-electron chi connectivity index (χ0n) is 14.9. The van der Waals surface area contributed by atoms with Crippen LogP contribution in [0.25, 0.3) is 10.7 Å². The third-order valence-electron chi connectivity index (χ3n) is 3.94. The van der Waals surface area contributed by atoms with E-state index in [2.05, 4.69) is 20.8 Å². The number of hydrogen-bond acceptors (Lipinski definition) is 5. The molecule has 0 saturated heterocycles. The molecule has 0 aliphatic rings. The van der Waals surface area contributed by atoms with Crippen molar-refractivity contribution in [1.29, 1.82) is 0 Å². The van der Waals surface area contributed by atoms with Crippen LogP contribution in [0, 0.1) is 4.77 Å². The predicted molar refractivity (Wildman–Crippen MR) is 109 cm³/mol. The zero-order chi connectivity index (χ0) is 19.4. The van der Waals surface area contributed by atoms with Crippen LogP contribution >= 0.6 is 23.6 Å². The maximum absolute atomic E-state index is 12.8. The van der Waals surface area contributed by atoms with Crippen LogP contribution in [-0.4, -0.2) is 33.1 Å². The van der Waals surface area contributed by atoms with Gasteiger partial charge < -0.3 is 10.6 Å². The van der Waals surface area contributed by atoms with Gasteiger partial charge >= 0.3 is 0 Å². The molecule has 0 fully saturated rings. The van der Waals surface area contributed by atoms with Crippen LogP contribution in [0.5, 0.6) is 0 Å². The van der Waals surface area contributed by atoms with Crippen LogP contribution in [0.15, 0.2) is 41.8 Å². The summed E-state index contributed by atoms with van der Waals surface area (Å²) in [4.78, 5) is 25.7. The molecule has 1 aromatic carbocycles. The van der Waals surface area contributed by atoms with Crippen molar-refractivity contribution in [2.24, 2.45) is 0 Å². The smallest absolute Gasteiger partial charge is 0.251 e. The quantitative estimate of drug-likeness (QED) is 0.550. The van der Waals surface area contributed by atoms with Crippen LogP contribution in [0.2, 0.25) is 0 Å². The first-order chi connectivity index (χ1) is 13.0. The zero-order valence-corrected chi connectivity index (χ0v) is 16.5. The number of carbonyl (C=O) groups excluding carboxylic acids is 2. The Morgan fingerprint density at radius 3 is 2.85 bits per heavy atom. The first kappa shape index (κ1) is 19.0. The Kier molecular flexibility index (Phi) is 5.82. The SMILES string of the molecule is CCNC(=O)c1cccc(NC(=O)C(C)n2c(-c3cccs3)n[nH]c2=S)c1. The summed E-state index contributed by atoms with van der Waals surface area (Å²) in [7, 11) is 0. The highest BCUT2D eigenvalue weighted by molar-refractivity contribution is 7.71. The van der Waals surface area contributed by atoms with Gasteiger partial charge in [-0.2, -0.15) is 5.10 Å². The van der Waals surface area contributed by atoms with Gasteiger partial charge in [-0.05, 0) is 55.7 Å². The first-order valence-electron chi connectivity index (χ1n) is 8.41. The number of rotatable bonds is 6. The number of nitrogens with one attached hydrogen (secondary N) is 3. The molecule has 3 rings (SSSR count). The van der Waals surface area contributed by atoms with Crippen molar-refractivity contribution in [3.05, 3.63) is 52.1 Å². The van der Waals surface area contributed by atoms with Crippen LogP contribution in [0.3, 0.4) is 0 Å².